The van der Waals surface area contributed by atoms with E-state index in [1.165, 1.54) is 20.0 Å². The van der Waals surface area contributed by atoms with Crippen molar-refractivity contribution in [3.63, 3.8) is 0 Å². The maximum absolute atomic E-state index is 11.6. The maximum atomic E-state index is 11.6. The van der Waals surface area contributed by atoms with Gasteiger partial charge in [0.15, 0.2) is 0 Å². The van der Waals surface area contributed by atoms with Crippen LogP contribution in [0, 0.1) is 5.92 Å². The number of nitrogens with one attached hydrogen (secondary N) is 1. The van der Waals surface area contributed by atoms with Crippen molar-refractivity contribution in [2.24, 2.45) is 11.7 Å². The van der Waals surface area contributed by atoms with Crippen LogP contribution in [0.2, 0.25) is 0 Å². The molecule has 0 aromatic carbocycles. The van der Waals surface area contributed by atoms with Gasteiger partial charge in [0.05, 0.1) is 0 Å². The normalized spacial score (nSPS) is 26.9. The molecule has 0 aromatic heterocycles. The van der Waals surface area contributed by atoms with Crippen LogP contribution in [-0.2, 0) is 9.53 Å². The Morgan fingerprint density at radius 1 is 1.60 bits per heavy atom. The first kappa shape index (κ1) is 14.7. The second-order valence-electron chi connectivity index (χ2n) is 3.98. The van der Waals surface area contributed by atoms with Crippen LogP contribution in [0.25, 0.3) is 0 Å². The quantitative estimate of drug-likeness (QED) is 0.755. The van der Waals surface area contributed by atoms with Gasteiger partial charge in [0, 0.05) is 19.7 Å². The van der Waals surface area contributed by atoms with E-state index in [0.717, 1.165) is 6.42 Å². The summed E-state index contributed by atoms with van der Waals surface area (Å²) in [4.78, 5) is 11.6. The molecular weight excluding hydrogens is 216 g/mol. The minimum Gasteiger partial charge on any atom is -0.370 e. The van der Waals surface area contributed by atoms with Crippen LogP contribution in [0.15, 0.2) is 0 Å². The average molecular weight is 237 g/mol. The van der Waals surface area contributed by atoms with Gasteiger partial charge in [0.2, 0.25) is 0 Å². The first-order valence-corrected chi connectivity index (χ1v) is 5.22. The lowest BCUT2D eigenvalue weighted by Gasteiger charge is -2.20. The topological polar surface area (TPSA) is 64.3 Å². The second kappa shape index (κ2) is 7.04. The molecule has 0 aromatic rings. The van der Waals surface area contributed by atoms with E-state index in [2.05, 4.69) is 12.2 Å². The lowest BCUT2D eigenvalue weighted by Crippen LogP contribution is -2.46. The molecule has 90 valence electrons. The SMILES string of the molecule is COC(CN)C(=O)NC1CCCC1C.Cl. The number of rotatable bonds is 4. The van der Waals surface area contributed by atoms with Crippen LogP contribution < -0.4 is 11.1 Å². The van der Waals surface area contributed by atoms with E-state index < -0.39 is 6.10 Å². The molecule has 3 unspecified atom stereocenters. The van der Waals surface area contributed by atoms with Crippen molar-refractivity contribution in [2.75, 3.05) is 13.7 Å². The van der Waals surface area contributed by atoms with Crippen molar-refractivity contribution in [1.29, 1.82) is 0 Å². The Balaban J connectivity index is 0.00000196. The van der Waals surface area contributed by atoms with Crippen molar-refractivity contribution in [3.8, 4) is 0 Å². The Kier molecular flexibility index (Phi) is 6.89. The summed E-state index contributed by atoms with van der Waals surface area (Å²) in [6.07, 6.45) is 2.98. The van der Waals surface area contributed by atoms with Crippen LogP contribution in [0.3, 0.4) is 0 Å². The van der Waals surface area contributed by atoms with Gasteiger partial charge in [-0.1, -0.05) is 13.3 Å². The number of hydrogen-bond acceptors (Lipinski definition) is 3. The minimum absolute atomic E-state index is 0. The molecule has 1 aliphatic rings. The van der Waals surface area contributed by atoms with Crippen LogP contribution in [-0.4, -0.2) is 31.7 Å². The summed E-state index contributed by atoms with van der Waals surface area (Å²) in [6, 6.07) is 0.312. The highest BCUT2D eigenvalue weighted by molar-refractivity contribution is 5.85. The fourth-order valence-electron chi connectivity index (χ4n) is 1.95. The summed E-state index contributed by atoms with van der Waals surface area (Å²) < 4.78 is 4.97. The third kappa shape index (κ3) is 3.97. The zero-order chi connectivity index (χ0) is 10.6. The fourth-order valence-corrected chi connectivity index (χ4v) is 1.95. The van der Waals surface area contributed by atoms with E-state index in [-0.39, 0.29) is 24.9 Å². The van der Waals surface area contributed by atoms with Gasteiger partial charge in [0.25, 0.3) is 5.91 Å². The summed E-state index contributed by atoms with van der Waals surface area (Å²) in [5.74, 6) is 0.503. The zero-order valence-corrected chi connectivity index (χ0v) is 10.2. The largest absolute Gasteiger partial charge is 0.370 e. The number of carbonyl (C=O) groups excluding carboxylic acids is 1. The zero-order valence-electron chi connectivity index (χ0n) is 9.36. The molecule has 0 heterocycles. The highest BCUT2D eigenvalue weighted by Crippen LogP contribution is 2.24. The predicted octanol–water partition coefficient (Wildman–Crippen LogP) is 0.687. The standard InChI is InChI=1S/C10H20N2O2.ClH/c1-7-4-3-5-8(7)12-10(13)9(6-11)14-2;/h7-9H,3-6,11H2,1-2H3,(H,12,13);1H. The molecule has 1 aliphatic carbocycles. The number of carbonyl (C=O) groups is 1. The summed E-state index contributed by atoms with van der Waals surface area (Å²) in [6.45, 7) is 2.41. The third-order valence-corrected chi connectivity index (χ3v) is 2.98. The van der Waals surface area contributed by atoms with Crippen molar-refractivity contribution < 1.29 is 9.53 Å². The van der Waals surface area contributed by atoms with Crippen molar-refractivity contribution >= 4 is 18.3 Å². The van der Waals surface area contributed by atoms with Crippen LogP contribution >= 0.6 is 12.4 Å². The van der Waals surface area contributed by atoms with Gasteiger partial charge in [-0.05, 0) is 18.8 Å². The molecule has 15 heavy (non-hydrogen) atoms. The summed E-state index contributed by atoms with van der Waals surface area (Å²) in [7, 11) is 1.51. The molecular formula is C10H21ClN2O2. The van der Waals surface area contributed by atoms with Crippen molar-refractivity contribution in [3.05, 3.63) is 0 Å². The molecule has 0 radical (unpaired) electrons. The maximum Gasteiger partial charge on any atom is 0.250 e. The predicted molar refractivity (Wildman–Crippen MR) is 62.0 cm³/mol. The molecule has 3 N–H and O–H groups in total. The minimum atomic E-state index is -0.497. The van der Waals surface area contributed by atoms with E-state index >= 15 is 0 Å². The molecule has 0 bridgehead atoms. The Labute approximate surface area is 97.3 Å². The van der Waals surface area contributed by atoms with E-state index in [4.69, 9.17) is 10.5 Å². The number of methoxy groups -OCH3 is 1. The second-order valence-corrected chi connectivity index (χ2v) is 3.98. The molecule has 1 saturated carbocycles. The molecule has 0 spiro atoms. The average Bonchev–Trinajstić information content (AvgIpc) is 2.54. The van der Waals surface area contributed by atoms with Crippen LogP contribution in [0.1, 0.15) is 26.2 Å². The van der Waals surface area contributed by atoms with Gasteiger partial charge in [-0.3, -0.25) is 4.79 Å². The monoisotopic (exact) mass is 236 g/mol. The molecule has 1 rings (SSSR count). The highest BCUT2D eigenvalue weighted by atomic mass is 35.5. The van der Waals surface area contributed by atoms with Gasteiger partial charge >= 0.3 is 0 Å². The Bertz CT molecular complexity index is 198. The summed E-state index contributed by atoms with van der Waals surface area (Å²) in [5.41, 5.74) is 5.41. The highest BCUT2D eigenvalue weighted by Gasteiger charge is 2.27. The molecule has 0 aliphatic heterocycles. The first-order chi connectivity index (χ1) is 6.69. The number of halogens is 1. The van der Waals surface area contributed by atoms with E-state index in [1.807, 2.05) is 0 Å². The lowest BCUT2D eigenvalue weighted by atomic mass is 10.1. The number of nitrogens with two attached hydrogens (primary N) is 1. The molecule has 1 amide bonds. The Morgan fingerprint density at radius 3 is 2.67 bits per heavy atom. The molecule has 0 saturated heterocycles. The van der Waals surface area contributed by atoms with Gasteiger partial charge in [-0.2, -0.15) is 0 Å². The third-order valence-electron chi connectivity index (χ3n) is 2.98. The van der Waals surface area contributed by atoms with Gasteiger partial charge in [-0.25, -0.2) is 0 Å². The number of amides is 1. The Morgan fingerprint density at radius 2 is 2.27 bits per heavy atom. The van der Waals surface area contributed by atoms with Gasteiger partial charge in [0.1, 0.15) is 6.10 Å². The molecule has 5 heteroatoms. The van der Waals surface area contributed by atoms with Crippen LogP contribution in [0.4, 0.5) is 0 Å². The lowest BCUT2D eigenvalue weighted by molar-refractivity contribution is -0.131. The first-order valence-electron chi connectivity index (χ1n) is 5.22. The smallest absolute Gasteiger partial charge is 0.250 e. The van der Waals surface area contributed by atoms with E-state index in [0.29, 0.717) is 12.0 Å². The number of ether oxygens (including phenoxy) is 1. The molecule has 3 atom stereocenters. The fraction of sp³-hybridized carbons (Fsp3) is 0.900. The van der Waals surface area contributed by atoms with Crippen LogP contribution in [0.5, 0.6) is 0 Å². The van der Waals surface area contributed by atoms with Crippen molar-refractivity contribution in [1.82, 2.24) is 5.32 Å². The molecule has 1 fully saturated rings. The molecule has 4 nitrogen and oxygen atoms in total. The Hall–Kier alpha value is -0.320. The summed E-state index contributed by atoms with van der Waals surface area (Å²) in [5, 5.41) is 2.99. The van der Waals surface area contributed by atoms with E-state index in [1.54, 1.807) is 0 Å². The van der Waals surface area contributed by atoms with Gasteiger partial charge < -0.3 is 15.8 Å². The summed E-state index contributed by atoms with van der Waals surface area (Å²) >= 11 is 0. The van der Waals surface area contributed by atoms with E-state index in [9.17, 15) is 4.79 Å². The number of hydrogen-bond donors (Lipinski definition) is 2. The van der Waals surface area contributed by atoms with Crippen molar-refractivity contribution in [2.45, 2.75) is 38.3 Å². The van der Waals surface area contributed by atoms with Gasteiger partial charge in [-0.15, -0.1) is 12.4 Å².